The van der Waals surface area contributed by atoms with Gasteiger partial charge in [0.15, 0.2) is 0 Å². The van der Waals surface area contributed by atoms with Crippen LogP contribution in [0.15, 0.2) is 18.2 Å². The zero-order chi connectivity index (χ0) is 13.0. The molecule has 0 radical (unpaired) electrons. The van der Waals surface area contributed by atoms with Gasteiger partial charge in [-0.2, -0.15) is 0 Å². The van der Waals surface area contributed by atoms with Crippen molar-refractivity contribution in [3.8, 4) is 0 Å². The van der Waals surface area contributed by atoms with Crippen LogP contribution in [0, 0.1) is 5.41 Å². The van der Waals surface area contributed by atoms with Crippen LogP contribution in [-0.4, -0.2) is 6.54 Å². The number of hydrogen-bond acceptors (Lipinski definition) is 1. The van der Waals surface area contributed by atoms with E-state index in [1.54, 1.807) is 6.07 Å². The van der Waals surface area contributed by atoms with Gasteiger partial charge in [0, 0.05) is 23.1 Å². The molecule has 1 aromatic rings. The van der Waals surface area contributed by atoms with Crippen molar-refractivity contribution in [2.75, 3.05) is 6.54 Å². The highest BCUT2D eigenvalue weighted by Gasteiger charge is 2.25. The van der Waals surface area contributed by atoms with Crippen molar-refractivity contribution in [2.45, 2.75) is 45.6 Å². The lowest BCUT2D eigenvalue weighted by atomic mass is 9.76. The molecule has 1 nitrogen and oxygen atoms in total. The summed E-state index contributed by atoms with van der Waals surface area (Å²) in [5.74, 6) is 0. The maximum Gasteiger partial charge on any atom is 0.0424 e. The van der Waals surface area contributed by atoms with Crippen molar-refractivity contribution in [2.24, 2.45) is 5.41 Å². The summed E-state index contributed by atoms with van der Waals surface area (Å²) in [6.07, 6.45) is 6.84. The van der Waals surface area contributed by atoms with Gasteiger partial charge in [-0.3, -0.25) is 0 Å². The second kappa shape index (κ2) is 6.27. The summed E-state index contributed by atoms with van der Waals surface area (Å²) in [5, 5.41) is 4.97. The maximum atomic E-state index is 5.99. The monoisotopic (exact) mass is 285 g/mol. The van der Waals surface area contributed by atoms with Crippen LogP contribution >= 0.6 is 23.2 Å². The van der Waals surface area contributed by atoms with Crippen LogP contribution < -0.4 is 5.32 Å². The number of nitrogens with one attached hydrogen (secondary N) is 1. The largest absolute Gasteiger partial charge is 0.312 e. The second-order valence-electron chi connectivity index (χ2n) is 5.75. The molecule has 0 spiro atoms. The third-order valence-electron chi connectivity index (χ3n) is 3.86. The highest BCUT2D eigenvalue weighted by atomic mass is 35.5. The molecule has 1 N–H and O–H groups in total. The van der Waals surface area contributed by atoms with E-state index in [4.69, 9.17) is 23.2 Å². The lowest BCUT2D eigenvalue weighted by Crippen LogP contribution is -2.33. The molecule has 0 bridgehead atoms. The van der Waals surface area contributed by atoms with Crippen LogP contribution in [0.3, 0.4) is 0 Å². The van der Waals surface area contributed by atoms with Crippen molar-refractivity contribution >= 4 is 23.2 Å². The Hall–Kier alpha value is -0.240. The van der Waals surface area contributed by atoms with Crippen molar-refractivity contribution in [3.05, 3.63) is 33.8 Å². The van der Waals surface area contributed by atoms with E-state index in [0.717, 1.165) is 18.7 Å². The first-order valence-electron chi connectivity index (χ1n) is 6.73. The standard InChI is InChI=1S/C15H21Cl2N/c1-15(5-3-2-4-6-15)11-18-10-12-7-13(16)9-14(17)8-12/h7-9,18H,2-6,10-11H2,1H3. The van der Waals surface area contributed by atoms with E-state index in [0.29, 0.717) is 15.5 Å². The molecule has 0 heterocycles. The average molecular weight is 286 g/mol. The number of rotatable bonds is 4. The Bertz CT molecular complexity index is 377. The third kappa shape index (κ3) is 4.15. The Morgan fingerprint density at radius 2 is 1.67 bits per heavy atom. The van der Waals surface area contributed by atoms with Crippen LogP contribution in [0.5, 0.6) is 0 Å². The molecule has 0 unspecified atom stereocenters. The van der Waals surface area contributed by atoms with Crippen LogP contribution in [-0.2, 0) is 6.54 Å². The van der Waals surface area contributed by atoms with Gasteiger partial charge < -0.3 is 5.32 Å². The van der Waals surface area contributed by atoms with Crippen molar-refractivity contribution in [3.63, 3.8) is 0 Å². The van der Waals surface area contributed by atoms with Crippen LogP contribution in [0.4, 0.5) is 0 Å². The molecule has 1 saturated carbocycles. The number of halogens is 2. The Balaban J connectivity index is 1.84. The van der Waals surface area contributed by atoms with Gasteiger partial charge in [-0.25, -0.2) is 0 Å². The topological polar surface area (TPSA) is 12.0 Å². The quantitative estimate of drug-likeness (QED) is 0.816. The van der Waals surface area contributed by atoms with Crippen LogP contribution in [0.2, 0.25) is 10.0 Å². The summed E-state index contributed by atoms with van der Waals surface area (Å²) in [6, 6.07) is 5.72. The Morgan fingerprint density at radius 3 is 2.28 bits per heavy atom. The van der Waals surface area contributed by atoms with Gasteiger partial charge in [-0.15, -0.1) is 0 Å². The van der Waals surface area contributed by atoms with Gasteiger partial charge in [0.1, 0.15) is 0 Å². The summed E-state index contributed by atoms with van der Waals surface area (Å²) in [6.45, 7) is 4.32. The summed E-state index contributed by atoms with van der Waals surface area (Å²) in [7, 11) is 0. The molecule has 2 rings (SSSR count). The first-order chi connectivity index (χ1) is 8.57. The second-order valence-corrected chi connectivity index (χ2v) is 6.63. The summed E-state index contributed by atoms with van der Waals surface area (Å²) in [5.41, 5.74) is 1.63. The summed E-state index contributed by atoms with van der Waals surface area (Å²) < 4.78 is 0. The van der Waals surface area contributed by atoms with E-state index in [1.165, 1.54) is 32.1 Å². The smallest absolute Gasteiger partial charge is 0.0424 e. The van der Waals surface area contributed by atoms with E-state index in [1.807, 2.05) is 12.1 Å². The molecule has 0 amide bonds. The molecule has 1 fully saturated rings. The summed E-state index contributed by atoms with van der Waals surface area (Å²) >= 11 is 12.0. The zero-order valence-electron chi connectivity index (χ0n) is 10.9. The fourth-order valence-electron chi connectivity index (χ4n) is 2.80. The van der Waals surface area contributed by atoms with Gasteiger partial charge >= 0.3 is 0 Å². The Kier molecular flexibility index (Phi) is 4.94. The molecule has 1 aromatic carbocycles. The van der Waals surface area contributed by atoms with Crippen LogP contribution in [0.1, 0.15) is 44.6 Å². The normalized spacial score (nSPS) is 18.8. The van der Waals surface area contributed by atoms with Gasteiger partial charge in [0.25, 0.3) is 0 Å². The zero-order valence-corrected chi connectivity index (χ0v) is 12.4. The maximum absolute atomic E-state index is 5.99. The minimum Gasteiger partial charge on any atom is -0.312 e. The van der Waals surface area contributed by atoms with Crippen molar-refractivity contribution in [1.29, 1.82) is 0 Å². The minimum absolute atomic E-state index is 0.473. The molecular weight excluding hydrogens is 265 g/mol. The third-order valence-corrected chi connectivity index (χ3v) is 4.30. The molecule has 18 heavy (non-hydrogen) atoms. The highest BCUT2D eigenvalue weighted by Crippen LogP contribution is 2.35. The van der Waals surface area contributed by atoms with Crippen molar-refractivity contribution in [1.82, 2.24) is 5.32 Å². The van der Waals surface area contributed by atoms with Crippen molar-refractivity contribution < 1.29 is 0 Å². The van der Waals surface area contributed by atoms with Gasteiger partial charge in [-0.1, -0.05) is 49.4 Å². The molecule has 3 heteroatoms. The van der Waals surface area contributed by atoms with Gasteiger partial charge in [-0.05, 0) is 42.0 Å². The predicted octanol–water partition coefficient (Wildman–Crippen LogP) is 5.05. The Labute approximate surface area is 120 Å². The molecule has 0 atom stereocenters. The van der Waals surface area contributed by atoms with E-state index in [9.17, 15) is 0 Å². The Morgan fingerprint density at radius 1 is 1.06 bits per heavy atom. The molecule has 1 aliphatic rings. The number of hydrogen-bond donors (Lipinski definition) is 1. The predicted molar refractivity (Wildman–Crippen MR) is 79.4 cm³/mol. The first-order valence-corrected chi connectivity index (χ1v) is 7.49. The average Bonchev–Trinajstić information content (AvgIpc) is 2.28. The van der Waals surface area contributed by atoms with E-state index in [2.05, 4.69) is 12.2 Å². The summed E-state index contributed by atoms with van der Waals surface area (Å²) in [4.78, 5) is 0. The molecule has 0 aromatic heterocycles. The SMILES string of the molecule is CC1(CNCc2cc(Cl)cc(Cl)c2)CCCCC1. The minimum atomic E-state index is 0.473. The fourth-order valence-corrected chi connectivity index (χ4v) is 3.37. The molecular formula is C15H21Cl2N. The number of benzene rings is 1. The fraction of sp³-hybridized carbons (Fsp3) is 0.600. The van der Waals surface area contributed by atoms with Crippen LogP contribution in [0.25, 0.3) is 0 Å². The molecule has 0 aliphatic heterocycles. The molecule has 1 aliphatic carbocycles. The molecule has 0 saturated heterocycles. The van der Waals surface area contributed by atoms with E-state index >= 15 is 0 Å². The van der Waals surface area contributed by atoms with E-state index < -0.39 is 0 Å². The van der Waals surface area contributed by atoms with Gasteiger partial charge in [0.05, 0.1) is 0 Å². The highest BCUT2D eigenvalue weighted by molar-refractivity contribution is 6.34. The molecule has 100 valence electrons. The lowest BCUT2D eigenvalue weighted by molar-refractivity contribution is 0.207. The first kappa shape index (κ1) is 14.2. The van der Waals surface area contributed by atoms with Gasteiger partial charge in [0.2, 0.25) is 0 Å². The lowest BCUT2D eigenvalue weighted by Gasteiger charge is -2.33. The van der Waals surface area contributed by atoms with E-state index in [-0.39, 0.29) is 0 Å².